The summed E-state index contributed by atoms with van der Waals surface area (Å²) < 4.78 is 0. The molecule has 0 spiro atoms. The number of nitrogens with zero attached hydrogens (tertiary/aromatic N) is 3. The van der Waals surface area contributed by atoms with Crippen LogP contribution in [0.4, 0.5) is 0 Å². The normalized spacial score (nSPS) is 16.9. The summed E-state index contributed by atoms with van der Waals surface area (Å²) in [6, 6.07) is 2.29. The van der Waals surface area contributed by atoms with E-state index in [1.54, 1.807) is 11.1 Å². The molecule has 1 rings (SSSR count). The van der Waals surface area contributed by atoms with E-state index < -0.39 is 0 Å². The topological polar surface area (TPSA) is 59.4 Å². The molecule has 20 heavy (non-hydrogen) atoms. The lowest BCUT2D eigenvalue weighted by atomic mass is 9.94. The van der Waals surface area contributed by atoms with Crippen molar-refractivity contribution in [2.45, 2.75) is 38.1 Å². The molecule has 1 aliphatic rings. The third-order valence-electron chi connectivity index (χ3n) is 3.74. The quantitative estimate of drug-likeness (QED) is 0.452. The van der Waals surface area contributed by atoms with E-state index in [4.69, 9.17) is 5.26 Å². The van der Waals surface area contributed by atoms with Crippen molar-refractivity contribution >= 4 is 5.91 Å². The molecule has 0 radical (unpaired) electrons. The maximum atomic E-state index is 12.3. The Labute approximate surface area is 122 Å². The van der Waals surface area contributed by atoms with Crippen LogP contribution in [0.5, 0.6) is 0 Å². The molecule has 1 saturated carbocycles. The molecule has 5 nitrogen and oxygen atoms in total. The van der Waals surface area contributed by atoms with Gasteiger partial charge in [0.1, 0.15) is 11.6 Å². The van der Waals surface area contributed by atoms with Gasteiger partial charge in [-0.25, -0.2) is 0 Å². The van der Waals surface area contributed by atoms with Crippen molar-refractivity contribution in [3.05, 3.63) is 11.8 Å². The van der Waals surface area contributed by atoms with Crippen molar-refractivity contribution in [3.8, 4) is 6.07 Å². The second kappa shape index (κ2) is 8.60. The van der Waals surface area contributed by atoms with Gasteiger partial charge >= 0.3 is 0 Å². The first kappa shape index (κ1) is 16.5. The number of amides is 1. The number of likely N-dealkylation sites (N-methyl/N-ethyl adjacent to an activating group) is 2. The van der Waals surface area contributed by atoms with E-state index in [1.807, 2.05) is 32.1 Å². The number of nitriles is 1. The van der Waals surface area contributed by atoms with Gasteiger partial charge < -0.3 is 15.1 Å². The first-order valence-electron chi connectivity index (χ1n) is 7.31. The number of rotatable bonds is 6. The van der Waals surface area contributed by atoms with Gasteiger partial charge in [0, 0.05) is 32.4 Å². The van der Waals surface area contributed by atoms with Crippen LogP contribution in [0, 0.1) is 11.3 Å². The van der Waals surface area contributed by atoms with Crippen molar-refractivity contribution in [1.82, 2.24) is 15.1 Å². The third kappa shape index (κ3) is 5.22. The standard InChI is InChI=1S/C15H26N4O/c1-18(2)10-9-17-12-13(11-16)15(20)19(3)14-7-5-4-6-8-14/h12,14,17H,4-10H2,1-3H3/b13-12-. The van der Waals surface area contributed by atoms with Crippen molar-refractivity contribution < 1.29 is 4.79 Å². The highest BCUT2D eigenvalue weighted by molar-refractivity contribution is 5.97. The zero-order chi connectivity index (χ0) is 15.0. The second-order valence-corrected chi connectivity index (χ2v) is 5.64. The van der Waals surface area contributed by atoms with Gasteiger partial charge in [-0.3, -0.25) is 4.79 Å². The predicted octanol–water partition coefficient (Wildman–Crippen LogP) is 1.34. The number of hydrogen-bond donors (Lipinski definition) is 1. The lowest BCUT2D eigenvalue weighted by molar-refractivity contribution is -0.128. The van der Waals surface area contributed by atoms with Gasteiger partial charge in [0.15, 0.2) is 0 Å². The van der Waals surface area contributed by atoms with Crippen LogP contribution in [0.15, 0.2) is 11.8 Å². The highest BCUT2D eigenvalue weighted by Gasteiger charge is 2.24. The summed E-state index contributed by atoms with van der Waals surface area (Å²) in [6.07, 6.45) is 7.25. The molecular formula is C15H26N4O. The number of carbonyl (C=O) groups is 1. The zero-order valence-corrected chi connectivity index (χ0v) is 12.9. The van der Waals surface area contributed by atoms with Crippen molar-refractivity contribution in [1.29, 1.82) is 5.26 Å². The Morgan fingerprint density at radius 1 is 1.30 bits per heavy atom. The maximum absolute atomic E-state index is 12.3. The van der Waals surface area contributed by atoms with Crippen LogP contribution in [-0.2, 0) is 4.79 Å². The third-order valence-corrected chi connectivity index (χ3v) is 3.74. The number of nitrogens with one attached hydrogen (secondary N) is 1. The Kier molecular flexibility index (Phi) is 7.10. The molecule has 1 N–H and O–H groups in total. The van der Waals surface area contributed by atoms with E-state index in [0.29, 0.717) is 0 Å². The van der Waals surface area contributed by atoms with Crippen molar-refractivity contribution in [3.63, 3.8) is 0 Å². The molecule has 0 aliphatic heterocycles. The van der Waals surface area contributed by atoms with Crippen LogP contribution in [0.2, 0.25) is 0 Å². The summed E-state index contributed by atoms with van der Waals surface area (Å²) in [7, 11) is 5.78. The first-order valence-corrected chi connectivity index (χ1v) is 7.31. The van der Waals surface area contributed by atoms with Gasteiger partial charge in [0.05, 0.1) is 0 Å². The molecule has 112 valence electrons. The van der Waals surface area contributed by atoms with Crippen LogP contribution in [0.1, 0.15) is 32.1 Å². The monoisotopic (exact) mass is 278 g/mol. The molecule has 0 heterocycles. The first-order chi connectivity index (χ1) is 9.56. The molecule has 0 aromatic carbocycles. The van der Waals surface area contributed by atoms with Crippen LogP contribution in [-0.4, -0.2) is 56.0 Å². The van der Waals surface area contributed by atoms with Crippen LogP contribution in [0.25, 0.3) is 0 Å². The number of hydrogen-bond acceptors (Lipinski definition) is 4. The van der Waals surface area contributed by atoms with Crippen molar-refractivity contribution in [2.75, 3.05) is 34.2 Å². The van der Waals surface area contributed by atoms with E-state index in [9.17, 15) is 4.79 Å². The molecule has 0 aromatic heterocycles. The van der Waals surface area contributed by atoms with Crippen LogP contribution < -0.4 is 5.32 Å². The van der Waals surface area contributed by atoms with Gasteiger partial charge in [-0.05, 0) is 26.9 Å². The average molecular weight is 278 g/mol. The summed E-state index contributed by atoms with van der Waals surface area (Å²) in [5, 5.41) is 12.2. The van der Waals surface area contributed by atoms with Gasteiger partial charge in [0.2, 0.25) is 0 Å². The molecule has 1 fully saturated rings. The smallest absolute Gasteiger partial charge is 0.265 e. The largest absolute Gasteiger partial charge is 0.388 e. The van der Waals surface area contributed by atoms with Gasteiger partial charge in [-0.1, -0.05) is 19.3 Å². The summed E-state index contributed by atoms with van der Waals surface area (Å²) >= 11 is 0. The minimum Gasteiger partial charge on any atom is -0.388 e. The van der Waals surface area contributed by atoms with E-state index in [1.165, 1.54) is 19.3 Å². The second-order valence-electron chi connectivity index (χ2n) is 5.64. The molecule has 0 saturated heterocycles. The van der Waals surface area contributed by atoms with Crippen LogP contribution >= 0.6 is 0 Å². The van der Waals surface area contributed by atoms with Gasteiger partial charge in [0.25, 0.3) is 5.91 Å². The summed E-state index contributed by atoms with van der Waals surface area (Å²) in [5.41, 5.74) is 0.192. The lowest BCUT2D eigenvalue weighted by Crippen LogP contribution is -2.39. The van der Waals surface area contributed by atoms with E-state index in [2.05, 4.69) is 5.32 Å². The van der Waals surface area contributed by atoms with E-state index in [-0.39, 0.29) is 17.5 Å². The minimum atomic E-state index is -0.170. The molecule has 1 amide bonds. The zero-order valence-electron chi connectivity index (χ0n) is 12.9. The molecule has 0 unspecified atom stereocenters. The fourth-order valence-electron chi connectivity index (χ4n) is 2.43. The lowest BCUT2D eigenvalue weighted by Gasteiger charge is -2.31. The SMILES string of the molecule is CN(C)CCN/C=C(/C#N)C(=O)N(C)C1CCCCC1. The molecule has 0 aromatic rings. The summed E-state index contributed by atoms with van der Waals surface area (Å²) in [4.78, 5) is 16.1. The van der Waals surface area contributed by atoms with Gasteiger partial charge in [-0.15, -0.1) is 0 Å². The summed E-state index contributed by atoms with van der Waals surface area (Å²) in [6.45, 7) is 1.58. The average Bonchev–Trinajstić information content (AvgIpc) is 2.46. The molecule has 1 aliphatic carbocycles. The highest BCUT2D eigenvalue weighted by atomic mass is 16.2. The Hall–Kier alpha value is -1.54. The number of carbonyl (C=O) groups excluding carboxylic acids is 1. The molecule has 0 atom stereocenters. The van der Waals surface area contributed by atoms with E-state index >= 15 is 0 Å². The van der Waals surface area contributed by atoms with Crippen molar-refractivity contribution in [2.24, 2.45) is 0 Å². The molecule has 5 heteroatoms. The summed E-state index contributed by atoms with van der Waals surface area (Å²) in [5.74, 6) is -0.170. The Balaban J connectivity index is 2.52. The highest BCUT2D eigenvalue weighted by Crippen LogP contribution is 2.22. The Morgan fingerprint density at radius 3 is 2.50 bits per heavy atom. The molecule has 0 bridgehead atoms. The minimum absolute atomic E-state index is 0.170. The molecular weight excluding hydrogens is 252 g/mol. The predicted molar refractivity (Wildman–Crippen MR) is 79.9 cm³/mol. The Morgan fingerprint density at radius 2 is 1.95 bits per heavy atom. The fourth-order valence-corrected chi connectivity index (χ4v) is 2.43. The Bertz CT molecular complexity index is 378. The van der Waals surface area contributed by atoms with E-state index in [0.717, 1.165) is 25.9 Å². The van der Waals surface area contributed by atoms with Gasteiger partial charge in [-0.2, -0.15) is 5.26 Å². The maximum Gasteiger partial charge on any atom is 0.265 e. The van der Waals surface area contributed by atoms with Crippen LogP contribution in [0.3, 0.4) is 0 Å². The fraction of sp³-hybridized carbons (Fsp3) is 0.733.